The van der Waals surface area contributed by atoms with Gasteiger partial charge in [-0.2, -0.15) is 22.0 Å². The van der Waals surface area contributed by atoms with E-state index in [9.17, 15) is 27.1 Å². The van der Waals surface area contributed by atoms with Gasteiger partial charge < -0.3 is 5.11 Å². The topological polar surface area (TPSA) is 20.2 Å². The van der Waals surface area contributed by atoms with Crippen molar-refractivity contribution in [2.75, 3.05) is 0 Å². The lowest BCUT2D eigenvalue weighted by molar-refractivity contribution is -0.297. The molecule has 0 amide bonds. The van der Waals surface area contributed by atoms with Crippen molar-refractivity contribution in [3.8, 4) is 0 Å². The molecule has 0 aliphatic heterocycles. The normalized spacial score (nSPS) is 16.7. The van der Waals surface area contributed by atoms with Crippen LogP contribution in [0.5, 0.6) is 0 Å². The highest BCUT2D eigenvalue weighted by Crippen LogP contribution is 2.45. The standard InChI is InChI=1S/C15H19F5O/c1-12(2,3)10-7-5-6-8-11(10)13(4,21)9-14(16,17)15(18,19)20/h5-8,21H,9H2,1-4H3. The van der Waals surface area contributed by atoms with Gasteiger partial charge in [-0.15, -0.1) is 0 Å². The lowest BCUT2D eigenvalue weighted by Gasteiger charge is -2.34. The summed E-state index contributed by atoms with van der Waals surface area (Å²) in [6.45, 7) is 6.37. The second-order valence-corrected chi connectivity index (χ2v) is 6.45. The SMILES string of the molecule is CC(C)(C)c1ccccc1C(C)(O)CC(F)(F)C(F)(F)F. The summed E-state index contributed by atoms with van der Waals surface area (Å²) in [5, 5.41) is 10.2. The van der Waals surface area contributed by atoms with Gasteiger partial charge in [-0.25, -0.2) is 0 Å². The van der Waals surface area contributed by atoms with Crippen molar-refractivity contribution < 1.29 is 27.1 Å². The minimum atomic E-state index is -5.69. The fourth-order valence-electron chi connectivity index (χ4n) is 2.23. The second-order valence-electron chi connectivity index (χ2n) is 6.45. The molecule has 0 saturated heterocycles. The second kappa shape index (κ2) is 5.23. The molecule has 21 heavy (non-hydrogen) atoms. The summed E-state index contributed by atoms with van der Waals surface area (Å²) in [6.07, 6.45) is -7.40. The highest BCUT2D eigenvalue weighted by Gasteiger charge is 2.60. The first-order valence-electron chi connectivity index (χ1n) is 6.45. The largest absolute Gasteiger partial charge is 0.453 e. The fraction of sp³-hybridized carbons (Fsp3) is 0.600. The monoisotopic (exact) mass is 310 g/mol. The Bertz CT molecular complexity index is 498. The molecule has 1 aromatic carbocycles. The van der Waals surface area contributed by atoms with E-state index in [1.807, 2.05) is 0 Å². The van der Waals surface area contributed by atoms with Crippen molar-refractivity contribution in [3.05, 3.63) is 35.4 Å². The summed E-state index contributed by atoms with van der Waals surface area (Å²) in [4.78, 5) is 0. The third kappa shape index (κ3) is 3.93. The molecule has 1 nitrogen and oxygen atoms in total. The Morgan fingerprint density at radius 2 is 1.29 bits per heavy atom. The van der Waals surface area contributed by atoms with E-state index in [1.165, 1.54) is 12.1 Å². The number of halogens is 5. The maximum atomic E-state index is 13.3. The summed E-state index contributed by atoms with van der Waals surface area (Å²) in [7, 11) is 0. The quantitative estimate of drug-likeness (QED) is 0.797. The zero-order chi connectivity index (χ0) is 16.7. The third-order valence-corrected chi connectivity index (χ3v) is 3.30. The van der Waals surface area contributed by atoms with Gasteiger partial charge in [0.05, 0.1) is 12.0 Å². The molecule has 1 aromatic rings. The van der Waals surface area contributed by atoms with Gasteiger partial charge in [0, 0.05) is 0 Å². The summed E-state index contributed by atoms with van der Waals surface area (Å²) in [6, 6.07) is 6.16. The van der Waals surface area contributed by atoms with Crippen LogP contribution in [0.2, 0.25) is 0 Å². The summed E-state index contributed by atoms with van der Waals surface area (Å²) < 4.78 is 63.6. The number of alkyl halides is 5. The maximum Gasteiger partial charge on any atom is 0.453 e. The molecular weight excluding hydrogens is 291 g/mol. The number of hydrogen-bond donors (Lipinski definition) is 1. The molecule has 0 saturated carbocycles. The average Bonchev–Trinajstić information content (AvgIpc) is 2.25. The van der Waals surface area contributed by atoms with Gasteiger partial charge in [0.2, 0.25) is 0 Å². The lowest BCUT2D eigenvalue weighted by atomic mass is 9.77. The molecule has 0 radical (unpaired) electrons. The minimum absolute atomic E-state index is 0.0847. The zero-order valence-corrected chi connectivity index (χ0v) is 12.4. The van der Waals surface area contributed by atoms with Crippen LogP contribution in [0.25, 0.3) is 0 Å². The van der Waals surface area contributed by atoms with E-state index in [2.05, 4.69) is 0 Å². The number of aliphatic hydroxyl groups is 1. The first kappa shape index (κ1) is 17.9. The summed E-state index contributed by atoms with van der Waals surface area (Å²) in [5.41, 5.74) is -2.16. The van der Waals surface area contributed by atoms with Crippen molar-refractivity contribution in [3.63, 3.8) is 0 Å². The van der Waals surface area contributed by atoms with Gasteiger partial charge in [-0.3, -0.25) is 0 Å². The van der Waals surface area contributed by atoms with Crippen LogP contribution in [-0.2, 0) is 11.0 Å². The first-order valence-corrected chi connectivity index (χ1v) is 6.45. The molecule has 0 aliphatic rings. The molecular formula is C15H19F5O. The number of rotatable bonds is 3. The van der Waals surface area contributed by atoms with Crippen molar-refractivity contribution in [1.82, 2.24) is 0 Å². The predicted octanol–water partition coefficient (Wildman–Crippen LogP) is 4.78. The summed E-state index contributed by atoms with van der Waals surface area (Å²) in [5.74, 6) is -4.96. The Morgan fingerprint density at radius 1 is 0.857 bits per heavy atom. The third-order valence-electron chi connectivity index (χ3n) is 3.30. The molecule has 1 atom stereocenters. The van der Waals surface area contributed by atoms with Crippen molar-refractivity contribution >= 4 is 0 Å². The molecule has 0 spiro atoms. The van der Waals surface area contributed by atoms with E-state index in [1.54, 1.807) is 32.9 Å². The van der Waals surface area contributed by atoms with Crippen LogP contribution in [0, 0.1) is 0 Å². The Hall–Kier alpha value is -1.17. The van der Waals surface area contributed by atoms with Crippen LogP contribution < -0.4 is 0 Å². The van der Waals surface area contributed by atoms with Gasteiger partial charge >= 0.3 is 12.1 Å². The average molecular weight is 310 g/mol. The van der Waals surface area contributed by atoms with E-state index in [0.29, 0.717) is 5.56 Å². The number of benzene rings is 1. The van der Waals surface area contributed by atoms with Crippen LogP contribution in [0.3, 0.4) is 0 Å². The molecule has 120 valence electrons. The Kier molecular flexibility index (Phi) is 4.45. The minimum Gasteiger partial charge on any atom is -0.385 e. The molecule has 6 heteroatoms. The van der Waals surface area contributed by atoms with E-state index in [-0.39, 0.29) is 5.56 Å². The highest BCUT2D eigenvalue weighted by atomic mass is 19.4. The molecule has 0 bridgehead atoms. The van der Waals surface area contributed by atoms with Crippen LogP contribution in [0.1, 0.15) is 45.2 Å². The van der Waals surface area contributed by atoms with Crippen molar-refractivity contribution in [2.24, 2.45) is 0 Å². The van der Waals surface area contributed by atoms with E-state index < -0.39 is 29.5 Å². The van der Waals surface area contributed by atoms with E-state index in [0.717, 1.165) is 6.92 Å². The Labute approximate surface area is 120 Å². The number of hydrogen-bond acceptors (Lipinski definition) is 1. The zero-order valence-electron chi connectivity index (χ0n) is 12.4. The van der Waals surface area contributed by atoms with E-state index >= 15 is 0 Å². The molecule has 0 aliphatic carbocycles. The molecule has 1 rings (SSSR count). The predicted molar refractivity (Wildman–Crippen MR) is 70.3 cm³/mol. The molecule has 1 N–H and O–H groups in total. The maximum absolute atomic E-state index is 13.3. The van der Waals surface area contributed by atoms with E-state index in [4.69, 9.17) is 0 Å². The molecule has 0 fully saturated rings. The molecule has 0 aromatic heterocycles. The van der Waals surface area contributed by atoms with Crippen LogP contribution in [-0.4, -0.2) is 17.2 Å². The van der Waals surface area contributed by atoms with Crippen molar-refractivity contribution in [1.29, 1.82) is 0 Å². The van der Waals surface area contributed by atoms with Gasteiger partial charge in [-0.1, -0.05) is 45.0 Å². The Balaban J connectivity index is 3.27. The highest BCUT2D eigenvalue weighted by molar-refractivity contribution is 5.37. The molecule has 0 heterocycles. The first-order chi connectivity index (χ1) is 9.18. The summed E-state index contributed by atoms with van der Waals surface area (Å²) >= 11 is 0. The molecule has 1 unspecified atom stereocenters. The fourth-order valence-corrected chi connectivity index (χ4v) is 2.23. The van der Waals surface area contributed by atoms with Crippen molar-refractivity contribution in [2.45, 2.75) is 57.2 Å². The van der Waals surface area contributed by atoms with Gasteiger partial charge in [0.25, 0.3) is 0 Å². The Morgan fingerprint density at radius 3 is 1.67 bits per heavy atom. The smallest absolute Gasteiger partial charge is 0.385 e. The van der Waals surface area contributed by atoms with Crippen LogP contribution in [0.4, 0.5) is 22.0 Å². The van der Waals surface area contributed by atoms with Crippen LogP contribution in [0.15, 0.2) is 24.3 Å². The van der Waals surface area contributed by atoms with Gasteiger partial charge in [-0.05, 0) is 23.5 Å². The lowest BCUT2D eigenvalue weighted by Crippen LogP contribution is -2.43. The van der Waals surface area contributed by atoms with Crippen LogP contribution >= 0.6 is 0 Å². The van der Waals surface area contributed by atoms with Gasteiger partial charge in [0.1, 0.15) is 0 Å². The van der Waals surface area contributed by atoms with Gasteiger partial charge in [0.15, 0.2) is 0 Å².